The average molecular weight is 219 g/mol. The van der Waals surface area contributed by atoms with Gasteiger partial charge >= 0.3 is 0 Å². The Hall–Kier alpha value is -0.220. The fourth-order valence-corrected chi connectivity index (χ4v) is 1.75. The Bertz CT molecular complexity index is 153. The molecule has 0 heterocycles. The molecule has 4 heteroatoms. The summed E-state index contributed by atoms with van der Waals surface area (Å²) in [6.07, 6.45) is 2.02. The van der Waals surface area contributed by atoms with Crippen LogP contribution in [0.3, 0.4) is 0 Å². The summed E-state index contributed by atoms with van der Waals surface area (Å²) in [5.74, 6) is 2.16. The quantitative estimate of drug-likeness (QED) is 0.607. The molecule has 1 atom stereocenters. The van der Waals surface area contributed by atoms with E-state index in [1.807, 2.05) is 18.7 Å². The van der Waals surface area contributed by atoms with Crippen molar-refractivity contribution in [2.75, 3.05) is 18.1 Å². The second-order valence-corrected chi connectivity index (χ2v) is 4.63. The molecule has 0 aliphatic rings. The molecule has 2 N–H and O–H groups in total. The third-order valence-corrected chi connectivity index (χ3v) is 2.94. The Morgan fingerprint density at radius 2 is 2.21 bits per heavy atom. The number of nitrogens with one attached hydrogen (secondary N) is 1. The van der Waals surface area contributed by atoms with Crippen molar-refractivity contribution in [2.24, 2.45) is 0 Å². The van der Waals surface area contributed by atoms with Crippen molar-refractivity contribution in [2.45, 2.75) is 39.2 Å². The summed E-state index contributed by atoms with van der Waals surface area (Å²) in [5, 5.41) is 11.5. The lowest BCUT2D eigenvalue weighted by molar-refractivity contribution is -0.121. The van der Waals surface area contributed by atoms with E-state index in [1.54, 1.807) is 0 Å². The summed E-state index contributed by atoms with van der Waals surface area (Å²) in [5.41, 5.74) is 0. The second-order valence-electron chi connectivity index (χ2n) is 3.31. The Labute approximate surface area is 90.7 Å². The normalized spacial score (nSPS) is 12.5. The summed E-state index contributed by atoms with van der Waals surface area (Å²) < 4.78 is 0. The average Bonchev–Trinajstić information content (AvgIpc) is 2.15. The molecule has 0 fully saturated rings. The van der Waals surface area contributed by atoms with Crippen LogP contribution in [0.2, 0.25) is 0 Å². The van der Waals surface area contributed by atoms with Crippen LogP contribution >= 0.6 is 11.8 Å². The van der Waals surface area contributed by atoms with Crippen LogP contribution in [-0.4, -0.2) is 35.2 Å². The zero-order chi connectivity index (χ0) is 10.8. The first-order valence-electron chi connectivity index (χ1n) is 5.18. The van der Waals surface area contributed by atoms with Gasteiger partial charge in [0, 0.05) is 24.8 Å². The number of thioether (sulfide) groups is 1. The summed E-state index contributed by atoms with van der Waals surface area (Å²) in [6.45, 7) is 4.31. The van der Waals surface area contributed by atoms with Crippen LogP contribution in [0.25, 0.3) is 0 Å². The monoisotopic (exact) mass is 219 g/mol. The molecule has 0 saturated carbocycles. The standard InChI is InChI=1S/C10H21NO2S/c1-3-14-8-9(2)11-10(13)6-4-5-7-12/h9,12H,3-8H2,1-2H3,(H,11,13). The van der Waals surface area contributed by atoms with Crippen LogP contribution in [-0.2, 0) is 4.79 Å². The molecule has 0 spiro atoms. The van der Waals surface area contributed by atoms with E-state index in [2.05, 4.69) is 12.2 Å². The lowest BCUT2D eigenvalue weighted by Gasteiger charge is -2.12. The van der Waals surface area contributed by atoms with Gasteiger partial charge < -0.3 is 10.4 Å². The highest BCUT2D eigenvalue weighted by Crippen LogP contribution is 2.02. The van der Waals surface area contributed by atoms with Crippen LogP contribution < -0.4 is 5.32 Å². The van der Waals surface area contributed by atoms with Crippen LogP contribution in [0, 0.1) is 0 Å². The number of rotatable bonds is 8. The minimum atomic E-state index is 0.0997. The molecule has 1 amide bonds. The minimum absolute atomic E-state index is 0.0997. The van der Waals surface area contributed by atoms with E-state index in [4.69, 9.17) is 5.11 Å². The van der Waals surface area contributed by atoms with Gasteiger partial charge in [-0.2, -0.15) is 11.8 Å². The predicted octanol–water partition coefficient (Wildman–Crippen LogP) is 1.41. The van der Waals surface area contributed by atoms with Crippen molar-refractivity contribution in [1.29, 1.82) is 0 Å². The smallest absolute Gasteiger partial charge is 0.220 e. The molecule has 1 unspecified atom stereocenters. The number of carbonyl (C=O) groups is 1. The van der Waals surface area contributed by atoms with Crippen LogP contribution in [0.15, 0.2) is 0 Å². The van der Waals surface area contributed by atoms with Gasteiger partial charge in [-0.25, -0.2) is 0 Å². The highest BCUT2D eigenvalue weighted by atomic mass is 32.2. The molecular formula is C10H21NO2S. The number of aliphatic hydroxyl groups excluding tert-OH is 1. The number of hydrogen-bond acceptors (Lipinski definition) is 3. The first-order valence-corrected chi connectivity index (χ1v) is 6.34. The zero-order valence-corrected chi connectivity index (χ0v) is 9.90. The van der Waals surface area contributed by atoms with Gasteiger partial charge in [0.15, 0.2) is 0 Å². The van der Waals surface area contributed by atoms with Gasteiger partial charge in [0.1, 0.15) is 0 Å². The van der Waals surface area contributed by atoms with Crippen molar-refractivity contribution in [1.82, 2.24) is 5.32 Å². The summed E-state index contributed by atoms with van der Waals surface area (Å²) >= 11 is 1.83. The molecule has 3 nitrogen and oxygen atoms in total. The number of hydrogen-bond donors (Lipinski definition) is 2. The molecule has 14 heavy (non-hydrogen) atoms. The first-order chi connectivity index (χ1) is 6.70. The van der Waals surface area contributed by atoms with E-state index < -0.39 is 0 Å². The van der Waals surface area contributed by atoms with Gasteiger partial charge in [-0.15, -0.1) is 0 Å². The highest BCUT2D eigenvalue weighted by Gasteiger charge is 2.06. The van der Waals surface area contributed by atoms with Crippen molar-refractivity contribution in [3.05, 3.63) is 0 Å². The number of unbranched alkanes of at least 4 members (excludes halogenated alkanes) is 1. The van der Waals surface area contributed by atoms with E-state index in [0.29, 0.717) is 12.8 Å². The molecule has 0 aromatic rings. The lowest BCUT2D eigenvalue weighted by Crippen LogP contribution is -2.34. The fraction of sp³-hybridized carbons (Fsp3) is 0.900. The summed E-state index contributed by atoms with van der Waals surface area (Å²) in [6, 6.07) is 0.251. The van der Waals surface area contributed by atoms with E-state index in [0.717, 1.165) is 17.9 Å². The first kappa shape index (κ1) is 13.8. The third kappa shape index (κ3) is 8.38. The number of aliphatic hydroxyl groups is 1. The maximum Gasteiger partial charge on any atom is 0.220 e. The number of carbonyl (C=O) groups excluding carboxylic acids is 1. The molecular weight excluding hydrogens is 198 g/mol. The van der Waals surface area contributed by atoms with Gasteiger partial charge in [-0.05, 0) is 25.5 Å². The minimum Gasteiger partial charge on any atom is -0.396 e. The van der Waals surface area contributed by atoms with Crippen molar-refractivity contribution in [3.63, 3.8) is 0 Å². The van der Waals surface area contributed by atoms with Gasteiger partial charge in [-0.3, -0.25) is 4.79 Å². The van der Waals surface area contributed by atoms with Crippen molar-refractivity contribution in [3.8, 4) is 0 Å². The lowest BCUT2D eigenvalue weighted by atomic mass is 10.2. The van der Waals surface area contributed by atoms with Crippen LogP contribution in [0.1, 0.15) is 33.1 Å². The van der Waals surface area contributed by atoms with Crippen LogP contribution in [0.4, 0.5) is 0 Å². The predicted molar refractivity (Wildman–Crippen MR) is 61.5 cm³/mol. The molecule has 0 aliphatic carbocycles. The van der Waals surface area contributed by atoms with Gasteiger partial charge in [0.25, 0.3) is 0 Å². The summed E-state index contributed by atoms with van der Waals surface area (Å²) in [4.78, 5) is 11.3. The fourth-order valence-electron chi connectivity index (χ4n) is 1.08. The molecule has 0 radical (unpaired) electrons. The molecule has 0 bridgehead atoms. The topological polar surface area (TPSA) is 49.3 Å². The Morgan fingerprint density at radius 1 is 1.50 bits per heavy atom. The van der Waals surface area contributed by atoms with E-state index in [-0.39, 0.29) is 18.6 Å². The van der Waals surface area contributed by atoms with E-state index >= 15 is 0 Å². The number of amides is 1. The highest BCUT2D eigenvalue weighted by molar-refractivity contribution is 7.99. The molecule has 0 aromatic carbocycles. The SMILES string of the molecule is CCSCC(C)NC(=O)CCCCO. The molecule has 0 aliphatic heterocycles. The van der Waals surface area contributed by atoms with Crippen LogP contribution in [0.5, 0.6) is 0 Å². The molecule has 0 aromatic heterocycles. The van der Waals surface area contributed by atoms with Crippen molar-refractivity contribution >= 4 is 17.7 Å². The van der Waals surface area contributed by atoms with Gasteiger partial charge in [0.2, 0.25) is 5.91 Å². The van der Waals surface area contributed by atoms with E-state index in [1.165, 1.54) is 0 Å². The summed E-state index contributed by atoms with van der Waals surface area (Å²) in [7, 11) is 0. The Morgan fingerprint density at radius 3 is 2.79 bits per heavy atom. The maximum absolute atomic E-state index is 11.3. The molecule has 0 saturated heterocycles. The van der Waals surface area contributed by atoms with Gasteiger partial charge in [-0.1, -0.05) is 6.92 Å². The Balaban J connectivity index is 3.40. The molecule has 0 rings (SSSR count). The second kappa shape index (κ2) is 9.34. The largest absolute Gasteiger partial charge is 0.396 e. The van der Waals surface area contributed by atoms with Crippen molar-refractivity contribution < 1.29 is 9.90 Å². The third-order valence-electron chi connectivity index (χ3n) is 1.79. The Kier molecular flexibility index (Phi) is 9.19. The van der Waals surface area contributed by atoms with E-state index in [9.17, 15) is 4.79 Å². The van der Waals surface area contributed by atoms with Gasteiger partial charge in [0.05, 0.1) is 0 Å². The maximum atomic E-state index is 11.3. The molecule has 84 valence electrons. The zero-order valence-electron chi connectivity index (χ0n) is 9.08.